The fraction of sp³-hybridized carbons (Fsp3) is 0.250. The Balaban J connectivity index is 1.84. The number of halogens is 1. The Bertz CT molecular complexity index is 468. The molecule has 2 aromatic rings. The van der Waals surface area contributed by atoms with Gasteiger partial charge >= 0.3 is 0 Å². The average molecular weight is 253 g/mol. The number of hydrogen-bond acceptors (Lipinski definition) is 3. The molecule has 1 N–H and O–H groups in total. The van der Waals surface area contributed by atoms with E-state index in [1.165, 1.54) is 16.0 Å². The van der Waals surface area contributed by atoms with Gasteiger partial charge in [0, 0.05) is 30.4 Å². The van der Waals surface area contributed by atoms with Crippen molar-refractivity contribution in [1.29, 1.82) is 0 Å². The van der Waals surface area contributed by atoms with Gasteiger partial charge in [-0.05, 0) is 30.2 Å². The average Bonchev–Trinajstić information content (AvgIpc) is 2.64. The third-order valence-corrected chi connectivity index (χ3v) is 3.42. The lowest BCUT2D eigenvalue weighted by atomic mass is 10.2. The van der Waals surface area contributed by atoms with Crippen LogP contribution in [0, 0.1) is 6.92 Å². The van der Waals surface area contributed by atoms with Gasteiger partial charge in [0.15, 0.2) is 0 Å². The Hall–Kier alpha value is -0.900. The van der Waals surface area contributed by atoms with Crippen molar-refractivity contribution in [3.05, 3.63) is 50.9 Å². The van der Waals surface area contributed by atoms with Gasteiger partial charge in [0.25, 0.3) is 0 Å². The first-order valence-electron chi connectivity index (χ1n) is 5.09. The lowest BCUT2D eigenvalue weighted by Gasteiger charge is -2.03. The minimum atomic E-state index is 0.837. The minimum absolute atomic E-state index is 0.837. The van der Waals surface area contributed by atoms with Crippen molar-refractivity contribution in [2.45, 2.75) is 20.0 Å². The van der Waals surface area contributed by atoms with Crippen LogP contribution in [0.3, 0.4) is 0 Å². The molecule has 0 radical (unpaired) electrons. The molecule has 0 aliphatic heterocycles. The van der Waals surface area contributed by atoms with Gasteiger partial charge in [0.1, 0.15) is 0 Å². The first kappa shape index (κ1) is 11.6. The molecule has 0 spiro atoms. The third kappa shape index (κ3) is 3.30. The van der Waals surface area contributed by atoms with Crippen LogP contribution in [0.15, 0.2) is 30.6 Å². The maximum absolute atomic E-state index is 5.86. The summed E-state index contributed by atoms with van der Waals surface area (Å²) in [4.78, 5) is 5.41. The highest BCUT2D eigenvalue weighted by atomic mass is 35.5. The highest BCUT2D eigenvalue weighted by Crippen LogP contribution is 2.21. The van der Waals surface area contributed by atoms with Gasteiger partial charge in [-0.2, -0.15) is 0 Å². The van der Waals surface area contributed by atoms with Crippen molar-refractivity contribution >= 4 is 22.9 Å². The summed E-state index contributed by atoms with van der Waals surface area (Å²) >= 11 is 7.47. The second kappa shape index (κ2) is 5.43. The van der Waals surface area contributed by atoms with Crippen LogP contribution in [-0.4, -0.2) is 4.98 Å². The first-order chi connectivity index (χ1) is 7.74. The van der Waals surface area contributed by atoms with E-state index in [9.17, 15) is 0 Å². The lowest BCUT2D eigenvalue weighted by molar-refractivity contribution is 0.698. The fourth-order valence-electron chi connectivity index (χ4n) is 1.49. The summed E-state index contributed by atoms with van der Waals surface area (Å²) < 4.78 is 0.842. The predicted molar refractivity (Wildman–Crippen MR) is 68.8 cm³/mol. The quantitative estimate of drug-likeness (QED) is 0.902. The summed E-state index contributed by atoms with van der Waals surface area (Å²) in [6, 6.07) is 6.12. The van der Waals surface area contributed by atoms with E-state index in [-0.39, 0.29) is 0 Å². The number of aromatic nitrogens is 1. The smallest absolute Gasteiger partial charge is 0.0931 e. The molecule has 0 aromatic carbocycles. The molecule has 0 saturated heterocycles. The van der Waals surface area contributed by atoms with Gasteiger partial charge < -0.3 is 5.32 Å². The second-order valence-electron chi connectivity index (χ2n) is 3.68. The molecule has 2 heterocycles. The highest BCUT2D eigenvalue weighted by Gasteiger charge is 1.98. The molecular weight excluding hydrogens is 240 g/mol. The van der Waals surface area contributed by atoms with Crippen molar-refractivity contribution < 1.29 is 0 Å². The second-order valence-corrected chi connectivity index (χ2v) is 5.48. The number of hydrogen-bond donors (Lipinski definition) is 1. The molecular formula is C12H13ClN2S. The van der Waals surface area contributed by atoms with Crippen molar-refractivity contribution in [3.8, 4) is 0 Å². The van der Waals surface area contributed by atoms with Crippen molar-refractivity contribution in [2.75, 3.05) is 0 Å². The summed E-state index contributed by atoms with van der Waals surface area (Å²) in [5.41, 5.74) is 2.40. The lowest BCUT2D eigenvalue weighted by Crippen LogP contribution is -2.11. The maximum atomic E-state index is 5.86. The van der Waals surface area contributed by atoms with Crippen molar-refractivity contribution in [1.82, 2.24) is 10.3 Å². The molecule has 0 atom stereocenters. The summed E-state index contributed by atoms with van der Waals surface area (Å²) in [7, 11) is 0. The number of rotatable bonds is 4. The van der Waals surface area contributed by atoms with E-state index >= 15 is 0 Å². The number of nitrogens with one attached hydrogen (secondary N) is 1. The van der Waals surface area contributed by atoms with Crippen LogP contribution in [0.1, 0.15) is 16.0 Å². The molecule has 0 bridgehead atoms. The van der Waals surface area contributed by atoms with Crippen molar-refractivity contribution in [2.24, 2.45) is 0 Å². The van der Waals surface area contributed by atoms with Crippen LogP contribution < -0.4 is 5.32 Å². The normalized spacial score (nSPS) is 10.6. The molecule has 0 fully saturated rings. The molecule has 4 heteroatoms. The van der Waals surface area contributed by atoms with Crippen LogP contribution in [0.4, 0.5) is 0 Å². The summed E-state index contributed by atoms with van der Waals surface area (Å²) in [6.07, 6.45) is 3.75. The van der Waals surface area contributed by atoms with Gasteiger partial charge in [-0.3, -0.25) is 4.98 Å². The summed E-state index contributed by atoms with van der Waals surface area (Å²) in [5.74, 6) is 0. The standard InChI is InChI=1S/C12H13ClN2S/c1-9-4-10(6-14-5-9)7-15-8-11-2-3-12(13)16-11/h2-6,15H,7-8H2,1H3. The Labute approximate surface area is 104 Å². The van der Waals surface area contributed by atoms with E-state index < -0.39 is 0 Å². The SMILES string of the molecule is Cc1cncc(CNCc2ccc(Cl)s2)c1. The molecule has 0 unspecified atom stereocenters. The monoisotopic (exact) mass is 252 g/mol. The molecule has 84 valence electrons. The van der Waals surface area contributed by atoms with E-state index in [2.05, 4.69) is 29.4 Å². The molecule has 2 aromatic heterocycles. The zero-order chi connectivity index (χ0) is 11.4. The molecule has 0 saturated carbocycles. The van der Waals surface area contributed by atoms with E-state index in [4.69, 9.17) is 11.6 Å². The van der Waals surface area contributed by atoms with Crippen LogP contribution >= 0.6 is 22.9 Å². The Morgan fingerprint density at radius 3 is 2.88 bits per heavy atom. The first-order valence-corrected chi connectivity index (χ1v) is 6.29. The summed E-state index contributed by atoms with van der Waals surface area (Å²) in [6.45, 7) is 3.74. The van der Waals surface area contributed by atoms with E-state index in [0.29, 0.717) is 0 Å². The van der Waals surface area contributed by atoms with Crippen LogP contribution in [0.2, 0.25) is 4.34 Å². The zero-order valence-electron chi connectivity index (χ0n) is 9.03. The van der Waals surface area contributed by atoms with Crippen LogP contribution in [-0.2, 0) is 13.1 Å². The van der Waals surface area contributed by atoms with Crippen LogP contribution in [0.25, 0.3) is 0 Å². The number of aryl methyl sites for hydroxylation is 1. The number of pyridine rings is 1. The summed E-state index contributed by atoms with van der Waals surface area (Å²) in [5, 5.41) is 3.37. The molecule has 0 aliphatic rings. The zero-order valence-corrected chi connectivity index (χ0v) is 10.6. The molecule has 2 nitrogen and oxygen atoms in total. The van der Waals surface area contributed by atoms with E-state index in [0.717, 1.165) is 17.4 Å². The van der Waals surface area contributed by atoms with E-state index in [1.54, 1.807) is 11.3 Å². The topological polar surface area (TPSA) is 24.9 Å². The maximum Gasteiger partial charge on any atom is 0.0931 e. The van der Waals surface area contributed by atoms with Crippen molar-refractivity contribution in [3.63, 3.8) is 0 Å². The van der Waals surface area contributed by atoms with Gasteiger partial charge in [-0.15, -0.1) is 11.3 Å². The predicted octanol–water partition coefficient (Wildman–Crippen LogP) is 3.39. The number of thiophene rings is 1. The molecule has 0 aliphatic carbocycles. The van der Waals surface area contributed by atoms with Gasteiger partial charge in [-0.1, -0.05) is 17.7 Å². The van der Waals surface area contributed by atoms with Gasteiger partial charge in [0.05, 0.1) is 4.34 Å². The largest absolute Gasteiger partial charge is 0.308 e. The Kier molecular flexibility index (Phi) is 3.93. The Morgan fingerprint density at radius 2 is 2.19 bits per heavy atom. The van der Waals surface area contributed by atoms with E-state index in [1.807, 2.05) is 18.5 Å². The fourth-order valence-corrected chi connectivity index (χ4v) is 2.55. The minimum Gasteiger partial charge on any atom is -0.308 e. The molecule has 2 rings (SSSR count). The molecule has 16 heavy (non-hydrogen) atoms. The third-order valence-electron chi connectivity index (χ3n) is 2.19. The van der Waals surface area contributed by atoms with Crippen LogP contribution in [0.5, 0.6) is 0 Å². The highest BCUT2D eigenvalue weighted by molar-refractivity contribution is 7.16. The molecule has 0 amide bonds. The van der Waals surface area contributed by atoms with Gasteiger partial charge in [0.2, 0.25) is 0 Å². The van der Waals surface area contributed by atoms with Gasteiger partial charge in [-0.25, -0.2) is 0 Å². The Morgan fingerprint density at radius 1 is 1.31 bits per heavy atom. The number of nitrogens with zero attached hydrogens (tertiary/aromatic N) is 1.